The highest BCUT2D eigenvalue weighted by atomic mass is 32.1. The number of aromatic nitrogens is 4. The fourth-order valence-corrected chi connectivity index (χ4v) is 17.6. The standard InChI is InChI=1S/C74H85N11O19S/c1-43-48(46-14-17-56(80-63(46)67(94)95)83-24-21-45-49(35-83)47(13-16-53(45)100-5)66(93)81-69-79-50-10-6-7-11-55(50)105-69)33-77-85(43)42-73-37-71(2)36-72(3,38-73)40-74(39-71,41-73)102-30-27-82(26-29-99-4)70(98)101-28-8-9-44-12-15-54(103-62-32-52(86)64(92)65(104-62)68(96)97)51(31-44)78-58(88)20-23-75-59(89)34-76-57(87)22-25-84-60(90)18-19-61(84)91/h6-19,31,33,52,62,64-65,86,92H,20-30,32,34-42H2,1-5H3,(H,75,89)(H,76,87)(H,78,88)(H,94,95)(H,96,97)(H,79,81,93)/b9-8+/t52-,62-,64+,65+,71?,72?,73?,74?/m1/s1. The first-order valence-electron chi connectivity index (χ1n) is 34.7. The number of anilines is 3. The van der Waals surface area contributed by atoms with Gasteiger partial charge < -0.3 is 74.6 Å². The number of ether oxygens (including phenoxy) is 6. The Labute approximate surface area is 608 Å². The topological polar surface area (TPSA) is 391 Å². The molecular weight excluding hydrogens is 1380 g/mol. The molecule has 4 aliphatic carbocycles. The molecule has 13 rings (SSSR count). The summed E-state index contributed by atoms with van der Waals surface area (Å²) in [6.45, 7) is 7.86. The van der Waals surface area contributed by atoms with Crippen molar-refractivity contribution in [3.63, 3.8) is 0 Å². The third kappa shape index (κ3) is 17.0. The number of aliphatic hydroxyl groups is 2. The summed E-state index contributed by atoms with van der Waals surface area (Å²) in [6.07, 6.45) is 5.11. The lowest BCUT2D eigenvalue weighted by Crippen LogP contribution is -2.64. The molecular formula is C74H85N11O19S. The van der Waals surface area contributed by atoms with Crippen LogP contribution in [0.25, 0.3) is 27.4 Å². The Balaban J connectivity index is 0.668. The number of carboxylic acid groups (broad SMARTS) is 2. The summed E-state index contributed by atoms with van der Waals surface area (Å²) >= 11 is 1.39. The van der Waals surface area contributed by atoms with E-state index in [0.29, 0.717) is 58.5 Å². The number of fused-ring (bicyclic) bond motifs is 2. The summed E-state index contributed by atoms with van der Waals surface area (Å²) in [5, 5.41) is 57.2. The predicted molar refractivity (Wildman–Crippen MR) is 381 cm³/mol. The Morgan fingerprint density at radius 2 is 1.56 bits per heavy atom. The number of hydrogen-bond donors (Lipinski definition) is 8. The number of carbonyl (C=O) groups is 9. The zero-order valence-electron chi connectivity index (χ0n) is 58.8. The van der Waals surface area contributed by atoms with Crippen LogP contribution in [-0.4, -0.2) is 207 Å². The van der Waals surface area contributed by atoms with Crippen molar-refractivity contribution in [2.75, 3.05) is 88.8 Å². The Hall–Kier alpha value is -10.2. The van der Waals surface area contributed by atoms with Gasteiger partial charge in [-0.25, -0.2) is 24.4 Å². The van der Waals surface area contributed by atoms with Crippen LogP contribution in [-0.2, 0) is 67.2 Å². The number of benzene rings is 3. The maximum absolute atomic E-state index is 14.0. The zero-order valence-corrected chi connectivity index (χ0v) is 59.7. The van der Waals surface area contributed by atoms with Crippen LogP contribution in [0.4, 0.5) is 21.4 Å². The lowest BCUT2D eigenvalue weighted by Gasteiger charge is -2.69. The first-order valence-corrected chi connectivity index (χ1v) is 35.6. The highest BCUT2D eigenvalue weighted by Crippen LogP contribution is 2.72. The molecule has 7 amide bonds. The largest absolute Gasteiger partial charge is 0.496 e. The van der Waals surface area contributed by atoms with E-state index in [1.54, 1.807) is 49.7 Å². The Kier molecular flexibility index (Phi) is 22.2. The first kappa shape index (κ1) is 74.5. The van der Waals surface area contributed by atoms with Crippen molar-refractivity contribution in [2.24, 2.45) is 16.2 Å². The van der Waals surface area contributed by atoms with Crippen LogP contribution >= 0.6 is 11.3 Å². The van der Waals surface area contributed by atoms with Gasteiger partial charge in [0.15, 0.2) is 16.9 Å². The van der Waals surface area contributed by atoms with E-state index in [0.717, 1.165) is 82.6 Å². The lowest BCUT2D eigenvalue weighted by atomic mass is 9.39. The fourth-order valence-electron chi connectivity index (χ4n) is 16.8. The molecule has 1 saturated heterocycles. The van der Waals surface area contributed by atoms with Gasteiger partial charge in [-0.3, -0.25) is 43.7 Å². The smallest absolute Gasteiger partial charge is 0.410 e. The number of thiazole rings is 1. The SMILES string of the molecule is COCCN(CCOC12CC3(C)CC(C)(CC(Cn4ncc(-c5ccc(N6CCc7c(OC)ccc(C(=O)Nc8nc9ccccc9s8)c7C6)nc5C(=O)O)c4C)(C3)C1)C2)C(=O)OC/C=C/c1ccc(O[C@H]2C[C@@H](O)[C@H](O)[C@@H](C(=O)O)O2)c(NC(=O)CCNC(=O)CNC(=O)CCN2C(=O)C=CC2=O)c1. The number of methoxy groups -OCH3 is 2. The maximum atomic E-state index is 14.0. The van der Waals surface area contributed by atoms with E-state index in [9.17, 15) is 63.6 Å². The van der Waals surface area contributed by atoms with Gasteiger partial charge in [0.2, 0.25) is 24.0 Å². The molecule has 6 aromatic rings. The molecule has 6 atom stereocenters. The summed E-state index contributed by atoms with van der Waals surface area (Å²) in [4.78, 5) is 129. The highest BCUT2D eigenvalue weighted by molar-refractivity contribution is 7.22. The number of aliphatic hydroxyl groups excluding tert-OH is 2. The van der Waals surface area contributed by atoms with E-state index in [4.69, 9.17) is 38.5 Å². The third-order valence-corrected chi connectivity index (χ3v) is 21.2. The molecule has 6 heterocycles. The molecule has 8 N–H and O–H groups in total. The first-order chi connectivity index (χ1) is 50.2. The zero-order chi connectivity index (χ0) is 74.5. The van der Waals surface area contributed by atoms with Crippen molar-refractivity contribution in [2.45, 2.75) is 128 Å². The van der Waals surface area contributed by atoms with Gasteiger partial charge in [-0.05, 0) is 134 Å². The molecule has 4 bridgehead atoms. The van der Waals surface area contributed by atoms with Crippen molar-refractivity contribution in [3.05, 3.63) is 125 Å². The molecule has 3 aliphatic heterocycles. The molecule has 3 aromatic carbocycles. The van der Waals surface area contributed by atoms with Crippen LogP contribution in [0.2, 0.25) is 0 Å². The number of para-hydroxylation sites is 1. The number of aliphatic carboxylic acids is 1. The number of nitrogens with zero attached hydrogens (tertiary/aromatic N) is 7. The predicted octanol–water partition coefficient (Wildman–Crippen LogP) is 6.50. The van der Waals surface area contributed by atoms with Gasteiger partial charge in [0.1, 0.15) is 30.0 Å². The molecule has 556 valence electrons. The minimum absolute atomic E-state index is 0.00399. The molecule has 31 heteroatoms. The van der Waals surface area contributed by atoms with E-state index in [2.05, 4.69) is 40.1 Å². The van der Waals surface area contributed by atoms with E-state index in [1.165, 1.54) is 35.5 Å². The van der Waals surface area contributed by atoms with Crippen molar-refractivity contribution in [1.29, 1.82) is 0 Å². The summed E-state index contributed by atoms with van der Waals surface area (Å²) < 4.78 is 38.4. The van der Waals surface area contributed by atoms with Crippen molar-refractivity contribution < 1.29 is 92.0 Å². The summed E-state index contributed by atoms with van der Waals surface area (Å²) in [6, 6.07) is 19.4. The fraction of sp³-hybridized carbons (Fsp3) is 0.459. The summed E-state index contributed by atoms with van der Waals surface area (Å²) in [7, 11) is 3.13. The van der Waals surface area contributed by atoms with Crippen molar-refractivity contribution in [1.82, 2.24) is 40.2 Å². The number of rotatable bonds is 30. The molecule has 2 unspecified atom stereocenters. The number of amides is 7. The van der Waals surface area contributed by atoms with Crippen LogP contribution in [0.3, 0.4) is 0 Å². The summed E-state index contributed by atoms with van der Waals surface area (Å²) in [5.74, 6) is -4.85. The normalized spacial score (nSPS) is 23.7. The van der Waals surface area contributed by atoms with Crippen LogP contribution in [0.15, 0.2) is 91.2 Å². The van der Waals surface area contributed by atoms with E-state index in [-0.39, 0.29) is 111 Å². The minimum atomic E-state index is -1.82. The van der Waals surface area contributed by atoms with E-state index < -0.39 is 84.3 Å². The molecule has 5 fully saturated rings. The van der Waals surface area contributed by atoms with Gasteiger partial charge in [0, 0.05) is 112 Å². The van der Waals surface area contributed by atoms with Gasteiger partial charge in [0.05, 0.1) is 60.7 Å². The van der Waals surface area contributed by atoms with Crippen LogP contribution in [0.5, 0.6) is 11.5 Å². The van der Waals surface area contributed by atoms with Crippen LogP contribution < -0.4 is 35.6 Å². The second-order valence-corrected chi connectivity index (χ2v) is 29.6. The molecule has 105 heavy (non-hydrogen) atoms. The lowest BCUT2D eigenvalue weighted by molar-refractivity contribution is -0.248. The average Bonchev–Trinajstić information content (AvgIpc) is 1.07. The molecule has 3 aromatic heterocycles. The van der Waals surface area contributed by atoms with Gasteiger partial charge in [-0.2, -0.15) is 5.10 Å². The Morgan fingerprint density at radius 3 is 2.30 bits per heavy atom. The number of aromatic carboxylic acids is 1. The van der Waals surface area contributed by atoms with Crippen LogP contribution in [0, 0.1) is 23.2 Å². The number of carbonyl (C=O) groups excluding carboxylic acids is 7. The number of imide groups is 1. The Morgan fingerprint density at radius 1 is 0.810 bits per heavy atom. The van der Waals surface area contributed by atoms with Gasteiger partial charge in [-0.15, -0.1) is 0 Å². The van der Waals surface area contributed by atoms with Crippen molar-refractivity contribution in [3.8, 4) is 22.6 Å². The molecule has 4 saturated carbocycles. The average molecular weight is 1460 g/mol. The quantitative estimate of drug-likeness (QED) is 0.0223. The number of pyridine rings is 1. The van der Waals surface area contributed by atoms with Gasteiger partial charge in [0.25, 0.3) is 17.7 Å². The Bertz CT molecular complexity index is 4370. The highest BCUT2D eigenvalue weighted by Gasteiger charge is 2.66. The number of nitrogens with one attached hydrogen (secondary N) is 4. The molecule has 0 radical (unpaired) electrons. The molecule has 7 aliphatic rings. The van der Waals surface area contributed by atoms with Gasteiger partial charge in [-0.1, -0.05) is 49.5 Å². The number of hydrogen-bond acceptors (Lipinski definition) is 22. The summed E-state index contributed by atoms with van der Waals surface area (Å²) in [5.41, 5.74) is 4.37. The molecule has 30 nitrogen and oxygen atoms in total. The monoisotopic (exact) mass is 1460 g/mol. The minimum Gasteiger partial charge on any atom is -0.496 e. The maximum Gasteiger partial charge on any atom is 0.410 e. The number of carboxylic acids is 2. The van der Waals surface area contributed by atoms with E-state index >= 15 is 0 Å². The molecule has 0 spiro atoms. The van der Waals surface area contributed by atoms with Gasteiger partial charge >= 0.3 is 18.0 Å². The second kappa shape index (κ2) is 31.3. The van der Waals surface area contributed by atoms with E-state index in [1.807, 2.05) is 46.8 Å². The second-order valence-electron chi connectivity index (χ2n) is 28.6. The third-order valence-electron chi connectivity index (χ3n) is 20.3. The van der Waals surface area contributed by atoms with Crippen molar-refractivity contribution >= 4 is 97.7 Å². The van der Waals surface area contributed by atoms with Crippen LogP contribution in [0.1, 0.15) is 115 Å².